The van der Waals surface area contributed by atoms with Gasteiger partial charge in [0, 0.05) is 13.1 Å². The molecule has 1 amide bonds. The quantitative estimate of drug-likeness (QED) is 0.918. The molecule has 0 aliphatic carbocycles. The molecule has 2 aliphatic heterocycles. The van der Waals surface area contributed by atoms with Gasteiger partial charge < -0.3 is 9.80 Å². The Bertz CT molecular complexity index is 490. The zero-order valence-electron chi connectivity index (χ0n) is 13.0. The number of hydrogen-bond acceptors (Lipinski definition) is 3. The smallest absolute Gasteiger partial charge is 0.245 e. The first kappa shape index (κ1) is 14.5. The number of benzene rings is 1. The second-order valence-electron chi connectivity index (χ2n) is 6.22. The highest BCUT2D eigenvalue weighted by molar-refractivity contribution is 5.85. The van der Waals surface area contributed by atoms with E-state index in [9.17, 15) is 4.79 Å². The number of nitrogens with zero attached hydrogens (tertiary/aromatic N) is 2. The molecule has 2 saturated heterocycles. The molecule has 0 aromatic heterocycles. The van der Waals surface area contributed by atoms with E-state index in [2.05, 4.69) is 24.1 Å². The lowest BCUT2D eigenvalue weighted by Crippen LogP contribution is -2.39. The van der Waals surface area contributed by atoms with Crippen LogP contribution in [0.4, 0.5) is 0 Å². The summed E-state index contributed by atoms with van der Waals surface area (Å²) in [5.74, 6) is 0.844. The summed E-state index contributed by atoms with van der Waals surface area (Å²) in [6.07, 6.45) is 1.33. The number of carbonyl (C=O) groups excluding carboxylic acids is 1. The largest absolute Gasteiger partial charge is 0.325 e. The van der Waals surface area contributed by atoms with Gasteiger partial charge in [-0.1, -0.05) is 37.3 Å². The third-order valence-electron chi connectivity index (χ3n) is 4.81. The van der Waals surface area contributed by atoms with Crippen LogP contribution in [-0.4, -0.2) is 48.1 Å². The van der Waals surface area contributed by atoms with E-state index in [1.807, 2.05) is 35.2 Å². The molecule has 4 nitrogen and oxygen atoms in total. The van der Waals surface area contributed by atoms with Gasteiger partial charge in [-0.25, -0.2) is 0 Å². The minimum atomic E-state index is -0.176. The molecule has 2 heterocycles. The minimum Gasteiger partial charge on any atom is -0.325 e. The molecule has 3 rings (SSSR count). The summed E-state index contributed by atoms with van der Waals surface area (Å²) in [6, 6.07) is 9.86. The van der Waals surface area contributed by atoms with Crippen molar-refractivity contribution in [2.24, 2.45) is 5.92 Å². The Morgan fingerprint density at radius 1 is 1.29 bits per heavy atom. The Kier molecular flexibility index (Phi) is 4.27. The van der Waals surface area contributed by atoms with Crippen molar-refractivity contribution in [3.05, 3.63) is 35.9 Å². The van der Waals surface area contributed by atoms with Crippen LogP contribution < -0.4 is 5.32 Å². The van der Waals surface area contributed by atoms with E-state index in [0.717, 1.165) is 25.2 Å². The van der Waals surface area contributed by atoms with Crippen molar-refractivity contribution >= 4 is 5.91 Å². The third kappa shape index (κ3) is 2.97. The summed E-state index contributed by atoms with van der Waals surface area (Å²) < 4.78 is 0. The van der Waals surface area contributed by atoms with Crippen molar-refractivity contribution in [1.82, 2.24) is 15.1 Å². The minimum absolute atomic E-state index is 0.124. The number of rotatable bonds is 4. The fraction of sp³-hybridized carbons (Fsp3) is 0.588. The molecular formula is C17H25N3O. The SMILES string of the molecule is CCN1CCC(CN2C(=O)C(c3ccccc3)NC2C)C1. The molecule has 0 bridgehead atoms. The maximum atomic E-state index is 12.7. The second kappa shape index (κ2) is 6.16. The van der Waals surface area contributed by atoms with Crippen molar-refractivity contribution in [3.8, 4) is 0 Å². The van der Waals surface area contributed by atoms with Crippen molar-refractivity contribution in [3.63, 3.8) is 0 Å². The summed E-state index contributed by atoms with van der Waals surface area (Å²) in [4.78, 5) is 17.2. The molecule has 3 atom stereocenters. The van der Waals surface area contributed by atoms with Gasteiger partial charge in [0.05, 0.1) is 6.17 Å². The van der Waals surface area contributed by atoms with Gasteiger partial charge in [-0.3, -0.25) is 10.1 Å². The molecule has 0 saturated carbocycles. The van der Waals surface area contributed by atoms with Crippen molar-refractivity contribution in [2.45, 2.75) is 32.5 Å². The number of carbonyl (C=O) groups is 1. The molecule has 114 valence electrons. The summed E-state index contributed by atoms with van der Waals surface area (Å²) in [5, 5.41) is 3.43. The first-order valence-corrected chi connectivity index (χ1v) is 8.03. The lowest BCUT2D eigenvalue weighted by atomic mass is 10.1. The maximum absolute atomic E-state index is 12.7. The predicted octanol–water partition coefficient (Wildman–Crippen LogP) is 1.85. The van der Waals surface area contributed by atoms with Gasteiger partial charge in [0.2, 0.25) is 5.91 Å². The third-order valence-corrected chi connectivity index (χ3v) is 4.81. The van der Waals surface area contributed by atoms with E-state index in [1.54, 1.807) is 0 Å². The van der Waals surface area contributed by atoms with Crippen molar-refractivity contribution < 1.29 is 4.79 Å². The normalized spacial score (nSPS) is 30.3. The van der Waals surface area contributed by atoms with Crippen LogP contribution in [0.5, 0.6) is 0 Å². The zero-order chi connectivity index (χ0) is 14.8. The van der Waals surface area contributed by atoms with E-state index >= 15 is 0 Å². The Morgan fingerprint density at radius 3 is 2.71 bits per heavy atom. The van der Waals surface area contributed by atoms with Gasteiger partial charge in [-0.15, -0.1) is 0 Å². The highest BCUT2D eigenvalue weighted by Crippen LogP contribution is 2.26. The topological polar surface area (TPSA) is 35.6 Å². The van der Waals surface area contributed by atoms with Crippen LogP contribution in [0.1, 0.15) is 31.9 Å². The average Bonchev–Trinajstić information content (AvgIpc) is 3.08. The molecule has 2 aliphatic rings. The Hall–Kier alpha value is -1.39. The van der Waals surface area contributed by atoms with E-state index in [0.29, 0.717) is 5.92 Å². The van der Waals surface area contributed by atoms with Crippen LogP contribution in [0.2, 0.25) is 0 Å². The molecule has 1 N–H and O–H groups in total. The van der Waals surface area contributed by atoms with Gasteiger partial charge in [0.25, 0.3) is 0 Å². The van der Waals surface area contributed by atoms with Gasteiger partial charge in [0.15, 0.2) is 0 Å². The fourth-order valence-electron chi connectivity index (χ4n) is 3.52. The van der Waals surface area contributed by atoms with Gasteiger partial charge >= 0.3 is 0 Å². The Balaban J connectivity index is 1.66. The summed E-state index contributed by atoms with van der Waals surface area (Å²) in [6.45, 7) is 8.60. The monoisotopic (exact) mass is 287 g/mol. The van der Waals surface area contributed by atoms with Crippen molar-refractivity contribution in [2.75, 3.05) is 26.2 Å². The summed E-state index contributed by atoms with van der Waals surface area (Å²) in [7, 11) is 0. The number of nitrogens with one attached hydrogen (secondary N) is 1. The van der Waals surface area contributed by atoms with Gasteiger partial charge in [-0.2, -0.15) is 0 Å². The Morgan fingerprint density at radius 2 is 2.05 bits per heavy atom. The predicted molar refractivity (Wildman–Crippen MR) is 83.7 cm³/mol. The zero-order valence-corrected chi connectivity index (χ0v) is 13.0. The van der Waals surface area contributed by atoms with E-state index < -0.39 is 0 Å². The standard InChI is InChI=1S/C17H25N3O/c1-3-19-10-9-14(11-19)12-20-13(2)18-16(17(20)21)15-7-5-4-6-8-15/h4-8,13-14,16,18H,3,9-12H2,1-2H3. The van der Waals surface area contributed by atoms with Crippen LogP contribution >= 0.6 is 0 Å². The van der Waals surface area contributed by atoms with Gasteiger partial charge in [-0.05, 0) is 37.9 Å². The molecule has 21 heavy (non-hydrogen) atoms. The molecule has 0 radical (unpaired) electrons. The highest BCUT2D eigenvalue weighted by atomic mass is 16.2. The molecule has 1 aromatic carbocycles. The lowest BCUT2D eigenvalue weighted by Gasteiger charge is -2.24. The van der Waals surface area contributed by atoms with Crippen LogP contribution in [0.25, 0.3) is 0 Å². The van der Waals surface area contributed by atoms with Crippen LogP contribution in [0.15, 0.2) is 30.3 Å². The summed E-state index contributed by atoms with van der Waals surface area (Å²) >= 11 is 0. The second-order valence-corrected chi connectivity index (χ2v) is 6.22. The average molecular weight is 287 g/mol. The van der Waals surface area contributed by atoms with Crippen molar-refractivity contribution in [1.29, 1.82) is 0 Å². The number of likely N-dealkylation sites (tertiary alicyclic amines) is 1. The highest BCUT2D eigenvalue weighted by Gasteiger charge is 2.38. The van der Waals surface area contributed by atoms with E-state index in [4.69, 9.17) is 0 Å². The molecular weight excluding hydrogens is 262 g/mol. The first-order valence-electron chi connectivity index (χ1n) is 8.03. The van der Waals surface area contributed by atoms with Crippen LogP contribution in [0.3, 0.4) is 0 Å². The number of amides is 1. The van der Waals surface area contributed by atoms with E-state index in [1.165, 1.54) is 13.0 Å². The molecule has 3 unspecified atom stereocenters. The molecule has 4 heteroatoms. The van der Waals surface area contributed by atoms with Gasteiger partial charge in [0.1, 0.15) is 6.04 Å². The molecule has 2 fully saturated rings. The molecule has 0 spiro atoms. The first-order chi connectivity index (χ1) is 10.2. The Labute approximate surface area is 127 Å². The maximum Gasteiger partial charge on any atom is 0.245 e. The molecule has 1 aromatic rings. The van der Waals surface area contributed by atoms with Crippen LogP contribution in [0, 0.1) is 5.92 Å². The van der Waals surface area contributed by atoms with E-state index in [-0.39, 0.29) is 18.1 Å². The summed E-state index contributed by atoms with van der Waals surface area (Å²) in [5.41, 5.74) is 1.07. The van der Waals surface area contributed by atoms with Crippen LogP contribution in [-0.2, 0) is 4.79 Å². The fourth-order valence-corrected chi connectivity index (χ4v) is 3.52. The number of hydrogen-bond donors (Lipinski definition) is 1. The lowest BCUT2D eigenvalue weighted by molar-refractivity contribution is -0.130.